The average Bonchev–Trinajstić information content (AvgIpc) is 3.22. The Labute approximate surface area is 145 Å². The molecule has 1 N–H and O–H groups in total. The van der Waals surface area contributed by atoms with Crippen LogP contribution in [0.4, 0.5) is 0 Å². The van der Waals surface area contributed by atoms with E-state index in [2.05, 4.69) is 15.2 Å². The molecule has 3 atom stereocenters. The molecule has 2 bridgehead atoms. The summed E-state index contributed by atoms with van der Waals surface area (Å²) in [6.07, 6.45) is 4.14. The van der Waals surface area contributed by atoms with E-state index < -0.39 is 0 Å². The van der Waals surface area contributed by atoms with Gasteiger partial charge >= 0.3 is 0 Å². The number of methoxy groups -OCH3 is 1. The number of carbonyl (C=O) groups is 1. The summed E-state index contributed by atoms with van der Waals surface area (Å²) in [5.41, 5.74) is 1.05. The normalized spacial score (nSPS) is 25.5. The van der Waals surface area contributed by atoms with Crippen LogP contribution in [0.1, 0.15) is 22.6 Å². The molecule has 2 aliphatic heterocycles. The molecule has 0 aliphatic carbocycles. The van der Waals surface area contributed by atoms with E-state index in [1.165, 1.54) is 30.8 Å². The minimum Gasteiger partial charge on any atom is -0.497 e. The van der Waals surface area contributed by atoms with E-state index in [-0.39, 0.29) is 11.9 Å². The molecule has 126 valence electrons. The zero-order chi connectivity index (χ0) is 16.5. The van der Waals surface area contributed by atoms with E-state index in [0.29, 0.717) is 5.01 Å². The monoisotopic (exact) mass is 343 g/mol. The van der Waals surface area contributed by atoms with Gasteiger partial charge in [-0.15, -0.1) is 11.3 Å². The molecule has 1 unspecified atom stereocenters. The summed E-state index contributed by atoms with van der Waals surface area (Å²) < 4.78 is 5.18. The molecule has 4 rings (SSSR count). The Kier molecular flexibility index (Phi) is 4.24. The number of amides is 1. The number of nitrogens with one attached hydrogen (secondary N) is 1. The van der Waals surface area contributed by atoms with Crippen LogP contribution in [0, 0.1) is 5.92 Å². The van der Waals surface area contributed by atoms with Crippen LogP contribution >= 0.6 is 11.3 Å². The molecule has 0 radical (unpaired) electrons. The first-order chi connectivity index (χ1) is 11.7. The van der Waals surface area contributed by atoms with Gasteiger partial charge in [-0.1, -0.05) is 0 Å². The largest absolute Gasteiger partial charge is 0.497 e. The van der Waals surface area contributed by atoms with Crippen LogP contribution in [0.5, 0.6) is 5.75 Å². The van der Waals surface area contributed by atoms with Crippen molar-refractivity contribution in [2.45, 2.75) is 18.9 Å². The van der Waals surface area contributed by atoms with Crippen molar-refractivity contribution in [3.05, 3.63) is 35.5 Å². The van der Waals surface area contributed by atoms with Crippen LogP contribution in [-0.2, 0) is 0 Å². The first-order valence-corrected chi connectivity index (χ1v) is 9.16. The fourth-order valence-corrected chi connectivity index (χ4v) is 4.50. The molecular weight excluding hydrogens is 322 g/mol. The number of nitrogens with zero attached hydrogens (tertiary/aromatic N) is 2. The Morgan fingerprint density at radius 2 is 2.17 bits per heavy atom. The Bertz CT molecular complexity index is 716. The van der Waals surface area contributed by atoms with Crippen molar-refractivity contribution in [3.8, 4) is 16.2 Å². The third kappa shape index (κ3) is 3.16. The van der Waals surface area contributed by atoms with Crippen molar-refractivity contribution < 1.29 is 9.53 Å². The van der Waals surface area contributed by atoms with Gasteiger partial charge in [0.15, 0.2) is 5.01 Å². The van der Waals surface area contributed by atoms with Crippen molar-refractivity contribution in [3.63, 3.8) is 0 Å². The molecule has 0 saturated carbocycles. The third-order valence-electron chi connectivity index (χ3n) is 4.88. The molecule has 2 saturated heterocycles. The Hall–Kier alpha value is -1.92. The van der Waals surface area contributed by atoms with E-state index in [1.54, 1.807) is 13.3 Å². The summed E-state index contributed by atoms with van der Waals surface area (Å²) in [5, 5.41) is 3.70. The van der Waals surface area contributed by atoms with Crippen LogP contribution in [0.3, 0.4) is 0 Å². The van der Waals surface area contributed by atoms with Gasteiger partial charge in [-0.2, -0.15) is 0 Å². The summed E-state index contributed by atoms with van der Waals surface area (Å²) in [6.45, 7) is 3.35. The highest BCUT2D eigenvalue weighted by Gasteiger charge is 2.33. The predicted molar refractivity (Wildman–Crippen MR) is 94.5 cm³/mol. The van der Waals surface area contributed by atoms with E-state index in [9.17, 15) is 4.79 Å². The zero-order valence-electron chi connectivity index (χ0n) is 13.7. The standard InChI is InChI=1S/C18H21N3O2S/c1-23-15-4-2-13(3-5-15)16-9-19-18(24-16)17(22)20-14-8-12-6-7-21(10-12)11-14/h2-5,9,12,14H,6-8,10-11H2,1H3,(H,20,22)/t12-,14-/m1/s1. The lowest BCUT2D eigenvalue weighted by atomic mass is 9.97. The second kappa shape index (κ2) is 6.53. The smallest absolute Gasteiger partial charge is 0.280 e. The quantitative estimate of drug-likeness (QED) is 0.927. The van der Waals surface area contributed by atoms with E-state index in [4.69, 9.17) is 4.74 Å². The molecule has 2 aliphatic rings. The van der Waals surface area contributed by atoms with Gasteiger partial charge < -0.3 is 15.0 Å². The topological polar surface area (TPSA) is 54.5 Å². The second-order valence-electron chi connectivity index (χ2n) is 6.58. The Morgan fingerprint density at radius 1 is 1.33 bits per heavy atom. The molecule has 1 aromatic carbocycles. The lowest BCUT2D eigenvalue weighted by Gasteiger charge is -2.30. The summed E-state index contributed by atoms with van der Waals surface area (Å²) in [5.74, 6) is 1.52. The highest BCUT2D eigenvalue weighted by atomic mass is 32.1. The van der Waals surface area contributed by atoms with Crippen LogP contribution in [0.15, 0.2) is 30.5 Å². The zero-order valence-corrected chi connectivity index (χ0v) is 14.5. The maximum atomic E-state index is 12.5. The predicted octanol–water partition coefficient (Wildman–Crippen LogP) is 2.64. The van der Waals surface area contributed by atoms with Crippen molar-refractivity contribution in [1.29, 1.82) is 0 Å². The second-order valence-corrected chi connectivity index (χ2v) is 7.61. The first kappa shape index (κ1) is 15.6. The van der Waals surface area contributed by atoms with E-state index in [0.717, 1.165) is 35.1 Å². The van der Waals surface area contributed by atoms with Crippen LogP contribution in [0.25, 0.3) is 10.4 Å². The number of aromatic nitrogens is 1. The SMILES string of the molecule is COc1ccc(-c2cnc(C(=O)N[C@@H]3C[C@H]4CCN(C4)C3)s2)cc1. The molecule has 5 nitrogen and oxygen atoms in total. The number of carbonyl (C=O) groups excluding carboxylic acids is 1. The van der Waals surface area contributed by atoms with Gasteiger partial charge in [0.1, 0.15) is 5.75 Å². The number of benzene rings is 1. The number of hydrogen-bond donors (Lipinski definition) is 1. The van der Waals surface area contributed by atoms with Crippen molar-refractivity contribution in [2.24, 2.45) is 5.92 Å². The summed E-state index contributed by atoms with van der Waals surface area (Å²) in [7, 11) is 1.65. The van der Waals surface area contributed by atoms with Gasteiger partial charge in [-0.25, -0.2) is 4.98 Å². The molecule has 2 fully saturated rings. The molecule has 6 heteroatoms. The van der Waals surface area contributed by atoms with Crippen LogP contribution in [0.2, 0.25) is 0 Å². The third-order valence-corrected chi connectivity index (χ3v) is 5.92. The first-order valence-electron chi connectivity index (χ1n) is 8.35. The molecule has 3 heterocycles. The number of ether oxygens (including phenoxy) is 1. The molecular formula is C18H21N3O2S. The summed E-state index contributed by atoms with van der Waals surface area (Å²) >= 11 is 1.44. The maximum Gasteiger partial charge on any atom is 0.280 e. The number of fused-ring (bicyclic) bond motifs is 2. The lowest BCUT2D eigenvalue weighted by molar-refractivity contribution is 0.0909. The molecule has 1 amide bonds. The van der Waals surface area contributed by atoms with Gasteiger partial charge in [0.05, 0.1) is 12.0 Å². The van der Waals surface area contributed by atoms with Crippen LogP contribution < -0.4 is 10.1 Å². The van der Waals surface area contributed by atoms with E-state index >= 15 is 0 Å². The van der Waals surface area contributed by atoms with Crippen molar-refractivity contribution >= 4 is 17.2 Å². The number of rotatable bonds is 4. The van der Waals surface area contributed by atoms with Gasteiger partial charge in [0.2, 0.25) is 0 Å². The van der Waals surface area contributed by atoms with Gasteiger partial charge in [0, 0.05) is 25.3 Å². The molecule has 2 aromatic rings. The van der Waals surface area contributed by atoms with Gasteiger partial charge in [-0.05, 0) is 55.1 Å². The minimum absolute atomic E-state index is 0.0488. The lowest BCUT2D eigenvalue weighted by Crippen LogP contribution is -2.46. The van der Waals surface area contributed by atoms with Gasteiger partial charge in [-0.3, -0.25) is 4.79 Å². The number of thiazole rings is 1. The van der Waals surface area contributed by atoms with E-state index in [1.807, 2.05) is 24.3 Å². The average molecular weight is 343 g/mol. The fraction of sp³-hybridized carbons (Fsp3) is 0.444. The highest BCUT2D eigenvalue weighted by Crippen LogP contribution is 2.29. The molecule has 1 aromatic heterocycles. The Balaban J connectivity index is 1.42. The summed E-state index contributed by atoms with van der Waals surface area (Å²) in [6, 6.07) is 8.06. The van der Waals surface area contributed by atoms with Crippen molar-refractivity contribution in [2.75, 3.05) is 26.7 Å². The Morgan fingerprint density at radius 3 is 2.92 bits per heavy atom. The minimum atomic E-state index is -0.0488. The summed E-state index contributed by atoms with van der Waals surface area (Å²) in [4.78, 5) is 20.2. The van der Waals surface area contributed by atoms with Crippen molar-refractivity contribution in [1.82, 2.24) is 15.2 Å². The highest BCUT2D eigenvalue weighted by molar-refractivity contribution is 7.16. The number of hydrogen-bond acceptors (Lipinski definition) is 5. The fourth-order valence-electron chi connectivity index (χ4n) is 3.68. The van der Waals surface area contributed by atoms with Gasteiger partial charge in [0.25, 0.3) is 5.91 Å². The molecule has 24 heavy (non-hydrogen) atoms. The maximum absolute atomic E-state index is 12.5. The molecule has 0 spiro atoms. The number of piperidine rings is 1. The van der Waals surface area contributed by atoms with Crippen LogP contribution in [-0.4, -0.2) is 48.6 Å².